The van der Waals surface area contributed by atoms with Gasteiger partial charge in [0.2, 0.25) is 0 Å². The van der Waals surface area contributed by atoms with Gasteiger partial charge in [-0.05, 0) is 30.3 Å². The van der Waals surface area contributed by atoms with Crippen LogP contribution in [-0.2, 0) is 13.2 Å². The minimum Gasteiger partial charge on any atom is -0.368 e. The molecule has 0 atom stereocenters. The first-order valence-corrected chi connectivity index (χ1v) is 8.69. The summed E-state index contributed by atoms with van der Waals surface area (Å²) in [4.78, 5) is 20.5. The molecule has 0 bridgehead atoms. The summed E-state index contributed by atoms with van der Waals surface area (Å²) in [5.74, 6) is 0.427. The van der Waals surface area contributed by atoms with Crippen LogP contribution in [0.25, 0.3) is 10.9 Å². The second-order valence-corrected chi connectivity index (χ2v) is 6.61. The number of hydrogen-bond donors (Lipinski definition) is 0. The number of halogens is 3. The first kappa shape index (κ1) is 18.2. The molecule has 3 heterocycles. The lowest BCUT2D eigenvalue weighted by atomic mass is 10.2. The van der Waals surface area contributed by atoms with E-state index in [4.69, 9.17) is 0 Å². The van der Waals surface area contributed by atoms with Gasteiger partial charge in [-0.25, -0.2) is 4.98 Å². The van der Waals surface area contributed by atoms with Crippen LogP contribution in [0.4, 0.5) is 24.7 Å². The van der Waals surface area contributed by atoms with Crippen molar-refractivity contribution in [2.75, 3.05) is 36.0 Å². The molecule has 0 radical (unpaired) electrons. The van der Waals surface area contributed by atoms with E-state index >= 15 is 0 Å². The Balaban J connectivity index is 1.47. The van der Waals surface area contributed by atoms with Crippen molar-refractivity contribution in [2.24, 2.45) is 7.05 Å². The number of benzene rings is 1. The molecule has 0 aliphatic carbocycles. The number of alkyl halides is 3. The minimum atomic E-state index is -4.49. The number of aromatic nitrogens is 4. The Hall–Kier alpha value is -3.17. The molecule has 0 spiro atoms. The summed E-state index contributed by atoms with van der Waals surface area (Å²) in [6, 6.07) is 7.84. The number of anilines is 2. The predicted octanol–water partition coefficient (Wildman–Crippen LogP) is 2.07. The molecule has 1 aliphatic rings. The molecule has 3 aromatic rings. The zero-order valence-corrected chi connectivity index (χ0v) is 15.0. The Bertz CT molecular complexity index is 1060. The Labute approximate surface area is 158 Å². The molecule has 1 saturated heterocycles. The van der Waals surface area contributed by atoms with Crippen molar-refractivity contribution in [3.8, 4) is 0 Å². The van der Waals surface area contributed by atoms with Crippen LogP contribution >= 0.6 is 0 Å². The first-order valence-electron chi connectivity index (χ1n) is 8.69. The summed E-state index contributed by atoms with van der Waals surface area (Å²) in [6.07, 6.45) is -3.00. The van der Waals surface area contributed by atoms with Crippen molar-refractivity contribution in [3.63, 3.8) is 0 Å². The highest BCUT2D eigenvalue weighted by atomic mass is 19.4. The van der Waals surface area contributed by atoms with E-state index < -0.39 is 11.9 Å². The van der Waals surface area contributed by atoms with Gasteiger partial charge in [-0.2, -0.15) is 13.2 Å². The second kappa shape index (κ2) is 6.77. The molecule has 1 aliphatic heterocycles. The Morgan fingerprint density at radius 2 is 1.68 bits per heavy atom. The third-order valence-electron chi connectivity index (χ3n) is 4.81. The van der Waals surface area contributed by atoms with E-state index in [-0.39, 0.29) is 5.56 Å². The summed E-state index contributed by atoms with van der Waals surface area (Å²) in [7, 11) is 1.66. The normalized spacial score (nSPS) is 15.3. The summed E-state index contributed by atoms with van der Waals surface area (Å²) < 4.78 is 39.3. The maximum Gasteiger partial charge on any atom is 0.435 e. The molecular formula is C18H17F3N6O. The predicted molar refractivity (Wildman–Crippen MR) is 98.4 cm³/mol. The van der Waals surface area contributed by atoms with Crippen molar-refractivity contribution in [3.05, 3.63) is 52.7 Å². The maximum absolute atomic E-state index is 12.6. The van der Waals surface area contributed by atoms with Gasteiger partial charge >= 0.3 is 6.18 Å². The molecule has 2 aromatic heterocycles. The van der Waals surface area contributed by atoms with Crippen LogP contribution in [0.2, 0.25) is 0 Å². The van der Waals surface area contributed by atoms with Crippen LogP contribution in [0, 0.1) is 0 Å². The molecule has 0 saturated carbocycles. The molecular weight excluding hydrogens is 373 g/mol. The van der Waals surface area contributed by atoms with Crippen molar-refractivity contribution in [1.82, 2.24) is 19.7 Å². The summed E-state index contributed by atoms with van der Waals surface area (Å²) in [5, 5.41) is 7.56. The molecule has 4 rings (SSSR count). The lowest BCUT2D eigenvalue weighted by molar-refractivity contribution is -0.141. The van der Waals surface area contributed by atoms with Crippen LogP contribution in [0.3, 0.4) is 0 Å². The van der Waals surface area contributed by atoms with E-state index in [9.17, 15) is 18.0 Å². The van der Waals surface area contributed by atoms with Gasteiger partial charge in [0, 0.05) is 38.9 Å². The van der Waals surface area contributed by atoms with E-state index in [0.29, 0.717) is 42.9 Å². The van der Waals surface area contributed by atoms with Crippen molar-refractivity contribution >= 4 is 22.4 Å². The van der Waals surface area contributed by atoms with E-state index in [2.05, 4.69) is 20.1 Å². The summed E-state index contributed by atoms with van der Waals surface area (Å²) in [5.41, 5.74) is 0.495. The number of aryl methyl sites for hydroxylation is 1. The largest absolute Gasteiger partial charge is 0.435 e. The highest BCUT2D eigenvalue weighted by Crippen LogP contribution is 2.28. The number of hydrogen-bond acceptors (Lipinski definition) is 6. The van der Waals surface area contributed by atoms with E-state index in [1.165, 1.54) is 17.0 Å². The zero-order chi connectivity index (χ0) is 19.9. The SMILES string of the molecule is Cn1cnc2cc(N3CCN(c4ccc(C(F)(F)F)nn4)CC3)ccc2c1=O. The lowest BCUT2D eigenvalue weighted by Gasteiger charge is -2.36. The van der Waals surface area contributed by atoms with Gasteiger partial charge in [0.25, 0.3) is 5.56 Å². The van der Waals surface area contributed by atoms with Crippen molar-refractivity contribution in [1.29, 1.82) is 0 Å². The first-order chi connectivity index (χ1) is 13.3. The standard InChI is InChI=1S/C18H17F3N6O/c1-25-11-22-14-10-12(2-3-13(14)17(25)28)26-6-8-27(9-7-26)16-5-4-15(23-24-16)18(19,20)21/h2-5,10-11H,6-9H2,1H3. The average molecular weight is 390 g/mol. The number of rotatable bonds is 2. The van der Waals surface area contributed by atoms with Gasteiger partial charge < -0.3 is 14.4 Å². The number of fused-ring (bicyclic) bond motifs is 1. The fourth-order valence-corrected chi connectivity index (χ4v) is 3.23. The highest BCUT2D eigenvalue weighted by Gasteiger charge is 2.33. The third-order valence-corrected chi connectivity index (χ3v) is 4.81. The molecule has 28 heavy (non-hydrogen) atoms. The van der Waals surface area contributed by atoms with E-state index in [0.717, 1.165) is 11.8 Å². The quantitative estimate of drug-likeness (QED) is 0.668. The third kappa shape index (κ3) is 3.37. The van der Waals surface area contributed by atoms with Gasteiger partial charge in [-0.3, -0.25) is 4.79 Å². The zero-order valence-electron chi connectivity index (χ0n) is 15.0. The molecule has 0 N–H and O–H groups in total. The van der Waals surface area contributed by atoms with Crippen LogP contribution in [0.15, 0.2) is 41.5 Å². The van der Waals surface area contributed by atoms with Gasteiger partial charge in [-0.15, -0.1) is 10.2 Å². The van der Waals surface area contributed by atoms with E-state index in [1.54, 1.807) is 13.1 Å². The van der Waals surface area contributed by atoms with Crippen LogP contribution in [0.5, 0.6) is 0 Å². The van der Waals surface area contributed by atoms with Crippen LogP contribution in [0.1, 0.15) is 5.69 Å². The molecule has 0 unspecified atom stereocenters. The van der Waals surface area contributed by atoms with Crippen LogP contribution in [-0.4, -0.2) is 45.9 Å². The van der Waals surface area contributed by atoms with Gasteiger partial charge in [-0.1, -0.05) is 0 Å². The molecule has 7 nitrogen and oxygen atoms in total. The van der Waals surface area contributed by atoms with Gasteiger partial charge in [0.05, 0.1) is 17.2 Å². The lowest BCUT2D eigenvalue weighted by Crippen LogP contribution is -2.47. The molecule has 0 amide bonds. The Kier molecular flexibility index (Phi) is 4.40. The minimum absolute atomic E-state index is 0.0951. The fourth-order valence-electron chi connectivity index (χ4n) is 3.23. The van der Waals surface area contributed by atoms with Crippen molar-refractivity contribution < 1.29 is 13.2 Å². The monoisotopic (exact) mass is 390 g/mol. The molecule has 1 fully saturated rings. The summed E-state index contributed by atoms with van der Waals surface area (Å²) in [6.45, 7) is 2.53. The number of piperazine rings is 1. The summed E-state index contributed by atoms with van der Waals surface area (Å²) >= 11 is 0. The molecule has 10 heteroatoms. The van der Waals surface area contributed by atoms with E-state index in [1.807, 2.05) is 17.0 Å². The van der Waals surface area contributed by atoms with Gasteiger partial charge in [0.15, 0.2) is 11.5 Å². The van der Waals surface area contributed by atoms with Crippen molar-refractivity contribution in [2.45, 2.75) is 6.18 Å². The highest BCUT2D eigenvalue weighted by molar-refractivity contribution is 5.81. The Morgan fingerprint density at radius 1 is 0.964 bits per heavy atom. The molecule has 146 valence electrons. The number of nitrogens with zero attached hydrogens (tertiary/aromatic N) is 6. The fraction of sp³-hybridized carbons (Fsp3) is 0.333. The van der Waals surface area contributed by atoms with Gasteiger partial charge in [0.1, 0.15) is 0 Å². The smallest absolute Gasteiger partial charge is 0.368 e. The molecule has 1 aromatic carbocycles. The maximum atomic E-state index is 12.6. The topological polar surface area (TPSA) is 67.2 Å². The Morgan fingerprint density at radius 3 is 2.32 bits per heavy atom. The van der Waals surface area contributed by atoms with Crippen LogP contribution < -0.4 is 15.4 Å². The average Bonchev–Trinajstić information content (AvgIpc) is 2.70. The second-order valence-electron chi connectivity index (χ2n) is 6.61.